The molecule has 5 nitrogen and oxygen atoms in total. The molecular formula is C21H21N3O2. The number of carbonyl (C=O) groups is 1. The van der Waals surface area contributed by atoms with Crippen LogP contribution in [0.2, 0.25) is 0 Å². The number of carbonyl (C=O) groups excluding carboxylic acids is 1. The molecule has 0 N–H and O–H groups in total. The Kier molecular flexibility index (Phi) is 4.07. The summed E-state index contributed by atoms with van der Waals surface area (Å²) in [6.07, 6.45) is 2.87. The molecule has 3 aromatic rings. The summed E-state index contributed by atoms with van der Waals surface area (Å²) in [6, 6.07) is 13.0. The van der Waals surface area contributed by atoms with Gasteiger partial charge in [0.05, 0.1) is 10.9 Å². The Morgan fingerprint density at radius 1 is 1.15 bits per heavy atom. The molecule has 0 saturated heterocycles. The Balaban J connectivity index is 1.75. The van der Waals surface area contributed by atoms with E-state index in [2.05, 4.69) is 4.98 Å². The minimum absolute atomic E-state index is 0.00395. The van der Waals surface area contributed by atoms with Crippen LogP contribution in [0.3, 0.4) is 0 Å². The number of nitrogens with zero attached hydrogens (tertiary/aromatic N) is 3. The highest BCUT2D eigenvalue weighted by atomic mass is 16.2. The Morgan fingerprint density at radius 2 is 2.00 bits per heavy atom. The molecule has 0 fully saturated rings. The van der Waals surface area contributed by atoms with Gasteiger partial charge in [0.25, 0.3) is 11.5 Å². The third-order valence-electron chi connectivity index (χ3n) is 5.01. The molecule has 0 bridgehead atoms. The first-order valence-electron chi connectivity index (χ1n) is 8.93. The zero-order valence-corrected chi connectivity index (χ0v) is 15.0. The SMILES string of the molecule is Cc1cccc(N(C)C(=O)c2ccc3c(=O)n4c(nc3c2)CCCC4)c1. The van der Waals surface area contributed by atoms with Gasteiger partial charge in [-0.2, -0.15) is 0 Å². The van der Waals surface area contributed by atoms with E-state index in [1.54, 1.807) is 34.7 Å². The highest BCUT2D eigenvalue weighted by Crippen LogP contribution is 2.20. The summed E-state index contributed by atoms with van der Waals surface area (Å²) in [5.74, 6) is 0.711. The average Bonchev–Trinajstić information content (AvgIpc) is 2.66. The molecule has 2 aromatic carbocycles. The summed E-state index contributed by atoms with van der Waals surface area (Å²) in [4.78, 5) is 31.8. The predicted molar refractivity (Wildman–Crippen MR) is 103 cm³/mol. The lowest BCUT2D eigenvalue weighted by atomic mass is 10.1. The summed E-state index contributed by atoms with van der Waals surface area (Å²) in [5, 5.41) is 0.574. The molecule has 0 atom stereocenters. The van der Waals surface area contributed by atoms with Crippen molar-refractivity contribution in [3.63, 3.8) is 0 Å². The largest absolute Gasteiger partial charge is 0.311 e. The van der Waals surface area contributed by atoms with Crippen LogP contribution < -0.4 is 10.5 Å². The lowest BCUT2D eigenvalue weighted by Crippen LogP contribution is -2.29. The van der Waals surface area contributed by atoms with E-state index in [0.717, 1.165) is 42.9 Å². The van der Waals surface area contributed by atoms with Crippen molar-refractivity contribution in [2.45, 2.75) is 32.7 Å². The summed E-state index contributed by atoms with van der Waals surface area (Å²) in [6.45, 7) is 2.73. The first-order valence-corrected chi connectivity index (χ1v) is 8.93. The molecule has 1 amide bonds. The number of anilines is 1. The molecule has 0 aliphatic carbocycles. The Morgan fingerprint density at radius 3 is 2.81 bits per heavy atom. The number of aromatic nitrogens is 2. The minimum atomic E-state index is -0.114. The molecule has 0 unspecified atom stereocenters. The highest BCUT2D eigenvalue weighted by Gasteiger charge is 2.18. The van der Waals surface area contributed by atoms with E-state index in [0.29, 0.717) is 16.5 Å². The molecular weight excluding hydrogens is 326 g/mol. The van der Waals surface area contributed by atoms with Crippen molar-refractivity contribution >= 4 is 22.5 Å². The van der Waals surface area contributed by atoms with Crippen molar-refractivity contribution in [1.29, 1.82) is 0 Å². The number of benzene rings is 2. The normalized spacial score (nSPS) is 13.5. The third-order valence-corrected chi connectivity index (χ3v) is 5.01. The fourth-order valence-electron chi connectivity index (χ4n) is 3.52. The maximum atomic E-state index is 12.9. The number of rotatable bonds is 2. The highest BCUT2D eigenvalue weighted by molar-refractivity contribution is 6.07. The quantitative estimate of drug-likeness (QED) is 0.715. The van der Waals surface area contributed by atoms with Crippen molar-refractivity contribution in [2.24, 2.45) is 0 Å². The molecule has 0 spiro atoms. The second kappa shape index (κ2) is 6.41. The molecule has 0 radical (unpaired) electrons. The van der Waals surface area contributed by atoms with E-state index in [4.69, 9.17) is 0 Å². The lowest BCUT2D eigenvalue weighted by Gasteiger charge is -2.19. The smallest absolute Gasteiger partial charge is 0.261 e. The fraction of sp³-hybridized carbons (Fsp3) is 0.286. The van der Waals surface area contributed by atoms with Gasteiger partial charge in [-0.1, -0.05) is 12.1 Å². The van der Waals surface area contributed by atoms with Crippen LogP contribution in [-0.4, -0.2) is 22.5 Å². The van der Waals surface area contributed by atoms with Gasteiger partial charge in [-0.3, -0.25) is 14.2 Å². The van der Waals surface area contributed by atoms with Crippen molar-refractivity contribution < 1.29 is 4.79 Å². The first-order chi connectivity index (χ1) is 12.5. The van der Waals surface area contributed by atoms with Crippen LogP contribution >= 0.6 is 0 Å². The Bertz CT molecular complexity index is 1070. The summed E-state index contributed by atoms with van der Waals surface area (Å²) in [5.41, 5.74) is 3.08. The molecule has 1 aliphatic rings. The molecule has 132 valence electrons. The fourth-order valence-corrected chi connectivity index (χ4v) is 3.52. The van der Waals surface area contributed by atoms with Crippen LogP contribution in [-0.2, 0) is 13.0 Å². The minimum Gasteiger partial charge on any atom is -0.311 e. The van der Waals surface area contributed by atoms with E-state index in [-0.39, 0.29) is 11.5 Å². The van der Waals surface area contributed by atoms with Crippen LogP contribution in [0.5, 0.6) is 0 Å². The molecule has 4 rings (SSSR count). The number of hydrogen-bond acceptors (Lipinski definition) is 3. The number of hydrogen-bond donors (Lipinski definition) is 0. The van der Waals surface area contributed by atoms with Crippen molar-refractivity contribution in [3.05, 3.63) is 69.8 Å². The molecule has 2 heterocycles. The zero-order valence-electron chi connectivity index (χ0n) is 15.0. The van der Waals surface area contributed by atoms with E-state index in [1.165, 1.54) is 0 Å². The van der Waals surface area contributed by atoms with E-state index < -0.39 is 0 Å². The first kappa shape index (κ1) is 16.5. The van der Waals surface area contributed by atoms with Gasteiger partial charge in [-0.05, 0) is 55.7 Å². The van der Waals surface area contributed by atoms with Gasteiger partial charge in [0.15, 0.2) is 0 Å². The van der Waals surface area contributed by atoms with Crippen LogP contribution in [0.15, 0.2) is 47.3 Å². The van der Waals surface area contributed by atoms with Crippen LogP contribution in [0.4, 0.5) is 5.69 Å². The molecule has 26 heavy (non-hydrogen) atoms. The Hall–Kier alpha value is -2.95. The van der Waals surface area contributed by atoms with Crippen LogP contribution in [0.25, 0.3) is 10.9 Å². The van der Waals surface area contributed by atoms with Gasteiger partial charge in [0.1, 0.15) is 5.82 Å². The second-order valence-corrected chi connectivity index (χ2v) is 6.88. The van der Waals surface area contributed by atoms with Crippen molar-refractivity contribution in [1.82, 2.24) is 9.55 Å². The summed E-state index contributed by atoms with van der Waals surface area (Å²) >= 11 is 0. The van der Waals surface area contributed by atoms with Gasteiger partial charge in [0, 0.05) is 31.3 Å². The van der Waals surface area contributed by atoms with E-state index >= 15 is 0 Å². The van der Waals surface area contributed by atoms with Crippen molar-refractivity contribution in [3.8, 4) is 0 Å². The van der Waals surface area contributed by atoms with Gasteiger partial charge in [-0.15, -0.1) is 0 Å². The van der Waals surface area contributed by atoms with Gasteiger partial charge in [0.2, 0.25) is 0 Å². The maximum absolute atomic E-state index is 12.9. The predicted octanol–water partition coefficient (Wildman–Crippen LogP) is 3.32. The average molecular weight is 347 g/mol. The van der Waals surface area contributed by atoms with Gasteiger partial charge in [-0.25, -0.2) is 4.98 Å². The molecule has 1 aromatic heterocycles. The second-order valence-electron chi connectivity index (χ2n) is 6.88. The number of fused-ring (bicyclic) bond motifs is 2. The number of aryl methyl sites for hydroxylation is 2. The lowest BCUT2D eigenvalue weighted by molar-refractivity contribution is 0.0993. The van der Waals surface area contributed by atoms with Crippen molar-refractivity contribution in [2.75, 3.05) is 11.9 Å². The summed E-state index contributed by atoms with van der Waals surface area (Å²) in [7, 11) is 1.76. The van der Waals surface area contributed by atoms with E-state index in [9.17, 15) is 9.59 Å². The van der Waals surface area contributed by atoms with Crippen LogP contribution in [0.1, 0.15) is 34.6 Å². The monoisotopic (exact) mass is 347 g/mol. The molecule has 1 aliphatic heterocycles. The Labute approximate surface area is 151 Å². The van der Waals surface area contributed by atoms with E-state index in [1.807, 2.05) is 31.2 Å². The third kappa shape index (κ3) is 2.79. The maximum Gasteiger partial charge on any atom is 0.261 e. The summed E-state index contributed by atoms with van der Waals surface area (Å²) < 4.78 is 1.77. The molecule has 0 saturated carbocycles. The number of amides is 1. The molecule has 5 heteroatoms. The van der Waals surface area contributed by atoms with Crippen LogP contribution in [0, 0.1) is 6.92 Å². The van der Waals surface area contributed by atoms with Gasteiger partial charge < -0.3 is 4.90 Å². The zero-order chi connectivity index (χ0) is 18.3. The standard InChI is InChI=1S/C21H21N3O2/c1-14-6-5-7-16(12-14)23(2)20(25)15-9-10-17-18(13-15)22-19-8-3-4-11-24(19)21(17)26/h5-7,9-10,12-13H,3-4,8,11H2,1-2H3. The van der Waals surface area contributed by atoms with Gasteiger partial charge >= 0.3 is 0 Å². The topological polar surface area (TPSA) is 55.2 Å².